The molecule has 0 saturated carbocycles. The lowest BCUT2D eigenvalue weighted by atomic mass is 9.89. The maximum Gasteiger partial charge on any atom is 0.236 e. The second-order valence-electron chi connectivity index (χ2n) is 7.61. The van der Waals surface area contributed by atoms with E-state index < -0.39 is 0 Å². The molecule has 154 valence electrons. The Bertz CT molecular complexity index is 797. The van der Waals surface area contributed by atoms with Gasteiger partial charge in [0.2, 0.25) is 5.91 Å². The Morgan fingerprint density at radius 1 is 1.03 bits per heavy atom. The van der Waals surface area contributed by atoms with E-state index in [1.165, 1.54) is 0 Å². The summed E-state index contributed by atoms with van der Waals surface area (Å²) in [6.45, 7) is 5.15. The summed E-state index contributed by atoms with van der Waals surface area (Å²) in [4.78, 5) is 29.1. The minimum atomic E-state index is 0.0605. The second-order valence-corrected chi connectivity index (χ2v) is 7.61. The van der Waals surface area contributed by atoms with Crippen molar-refractivity contribution >= 4 is 11.7 Å². The molecule has 0 radical (unpaired) electrons. The molecule has 0 spiro atoms. The summed E-state index contributed by atoms with van der Waals surface area (Å²) >= 11 is 0. The lowest BCUT2D eigenvalue weighted by Crippen LogP contribution is -2.43. The molecule has 1 heterocycles. The zero-order chi connectivity index (χ0) is 20.6. The Hall–Kier alpha value is -2.66. The van der Waals surface area contributed by atoms with E-state index in [0.717, 1.165) is 42.8 Å². The van der Waals surface area contributed by atoms with Crippen LogP contribution in [0.15, 0.2) is 54.6 Å². The number of carbonyl (C=O) groups excluding carboxylic acids is 2. The molecule has 2 aromatic carbocycles. The van der Waals surface area contributed by atoms with Crippen molar-refractivity contribution < 1.29 is 14.3 Å². The number of piperidine rings is 1. The van der Waals surface area contributed by atoms with Gasteiger partial charge in [0.1, 0.15) is 5.75 Å². The number of hydrogen-bond donors (Lipinski definition) is 0. The predicted octanol–water partition coefficient (Wildman–Crippen LogP) is 3.64. The van der Waals surface area contributed by atoms with Crippen LogP contribution in [-0.2, 0) is 11.3 Å². The Morgan fingerprint density at radius 3 is 2.31 bits per heavy atom. The van der Waals surface area contributed by atoms with Gasteiger partial charge in [0.15, 0.2) is 5.78 Å². The van der Waals surface area contributed by atoms with Gasteiger partial charge in [0, 0.05) is 25.1 Å². The minimum Gasteiger partial charge on any atom is -0.494 e. The predicted molar refractivity (Wildman–Crippen MR) is 114 cm³/mol. The van der Waals surface area contributed by atoms with Crippen molar-refractivity contribution in [2.24, 2.45) is 5.92 Å². The fourth-order valence-electron chi connectivity index (χ4n) is 3.72. The van der Waals surface area contributed by atoms with Crippen LogP contribution >= 0.6 is 0 Å². The molecule has 29 heavy (non-hydrogen) atoms. The van der Waals surface area contributed by atoms with Crippen LogP contribution in [0.25, 0.3) is 0 Å². The highest BCUT2D eigenvalue weighted by Crippen LogP contribution is 2.22. The Balaban J connectivity index is 1.44. The molecule has 0 aromatic heterocycles. The lowest BCUT2D eigenvalue weighted by Gasteiger charge is -2.32. The van der Waals surface area contributed by atoms with E-state index >= 15 is 0 Å². The van der Waals surface area contributed by atoms with E-state index in [2.05, 4.69) is 4.90 Å². The van der Waals surface area contributed by atoms with Crippen molar-refractivity contribution in [3.05, 3.63) is 65.7 Å². The Morgan fingerprint density at radius 2 is 1.69 bits per heavy atom. The fourth-order valence-corrected chi connectivity index (χ4v) is 3.72. The average molecular weight is 395 g/mol. The summed E-state index contributed by atoms with van der Waals surface area (Å²) in [6.07, 6.45) is 1.62. The van der Waals surface area contributed by atoms with Crippen LogP contribution in [0, 0.1) is 5.92 Å². The number of carbonyl (C=O) groups is 2. The molecule has 0 aliphatic carbocycles. The van der Waals surface area contributed by atoms with Crippen molar-refractivity contribution in [2.75, 3.05) is 33.3 Å². The van der Waals surface area contributed by atoms with Gasteiger partial charge in [-0.1, -0.05) is 42.5 Å². The SMILES string of the molecule is CCOc1ccc(CN(C)C(=O)CN2CCC(C(=O)c3ccccc3)CC2)cc1. The monoisotopic (exact) mass is 394 g/mol. The average Bonchev–Trinajstić information content (AvgIpc) is 2.76. The third-order valence-electron chi connectivity index (χ3n) is 5.46. The number of Topliss-reactive ketones (excluding diaryl/α,β-unsaturated/α-hetero) is 1. The van der Waals surface area contributed by atoms with E-state index in [1.807, 2.05) is 68.6 Å². The van der Waals surface area contributed by atoms with E-state index in [4.69, 9.17) is 4.74 Å². The smallest absolute Gasteiger partial charge is 0.236 e. The molecule has 1 fully saturated rings. The highest BCUT2D eigenvalue weighted by Gasteiger charge is 2.27. The topological polar surface area (TPSA) is 49.9 Å². The summed E-state index contributed by atoms with van der Waals surface area (Å²) in [5.74, 6) is 1.24. The normalized spacial score (nSPS) is 15.1. The molecule has 1 saturated heterocycles. The molecule has 1 aliphatic heterocycles. The van der Waals surface area contributed by atoms with Crippen LogP contribution in [0.2, 0.25) is 0 Å². The maximum absolute atomic E-state index is 12.6. The second kappa shape index (κ2) is 10.2. The van der Waals surface area contributed by atoms with Gasteiger partial charge >= 0.3 is 0 Å². The van der Waals surface area contributed by atoms with Gasteiger partial charge in [-0.15, -0.1) is 0 Å². The number of ether oxygens (including phenoxy) is 1. The van der Waals surface area contributed by atoms with Crippen LogP contribution < -0.4 is 4.74 Å². The van der Waals surface area contributed by atoms with Crippen molar-refractivity contribution in [1.29, 1.82) is 0 Å². The summed E-state index contributed by atoms with van der Waals surface area (Å²) in [5, 5.41) is 0. The number of nitrogens with zero attached hydrogens (tertiary/aromatic N) is 2. The molecule has 0 N–H and O–H groups in total. The Labute approximate surface area is 173 Å². The maximum atomic E-state index is 12.6. The van der Waals surface area contributed by atoms with Gasteiger partial charge in [0.05, 0.1) is 13.2 Å². The summed E-state index contributed by atoms with van der Waals surface area (Å²) in [5.41, 5.74) is 1.87. The first-order valence-corrected chi connectivity index (χ1v) is 10.3. The lowest BCUT2D eigenvalue weighted by molar-refractivity contribution is -0.131. The first-order valence-electron chi connectivity index (χ1n) is 10.3. The van der Waals surface area contributed by atoms with Gasteiger partial charge in [-0.2, -0.15) is 0 Å². The van der Waals surface area contributed by atoms with Crippen LogP contribution in [0.1, 0.15) is 35.7 Å². The number of ketones is 1. The number of likely N-dealkylation sites (tertiary alicyclic amines) is 1. The number of likely N-dealkylation sites (N-methyl/N-ethyl adjacent to an activating group) is 1. The molecule has 0 atom stereocenters. The number of hydrogen-bond acceptors (Lipinski definition) is 4. The van der Waals surface area contributed by atoms with Crippen molar-refractivity contribution in [3.63, 3.8) is 0 Å². The van der Waals surface area contributed by atoms with E-state index in [1.54, 1.807) is 4.90 Å². The molecule has 0 bridgehead atoms. The Kier molecular flexibility index (Phi) is 7.42. The van der Waals surface area contributed by atoms with E-state index in [0.29, 0.717) is 19.7 Å². The molecule has 5 nitrogen and oxygen atoms in total. The molecule has 3 rings (SSSR count). The summed E-state index contributed by atoms with van der Waals surface area (Å²) in [7, 11) is 1.84. The highest BCUT2D eigenvalue weighted by molar-refractivity contribution is 5.97. The molecule has 5 heteroatoms. The van der Waals surface area contributed by atoms with Gasteiger partial charge in [0.25, 0.3) is 0 Å². The molecule has 2 aromatic rings. The van der Waals surface area contributed by atoms with Gasteiger partial charge < -0.3 is 9.64 Å². The van der Waals surface area contributed by atoms with Crippen LogP contribution in [0.5, 0.6) is 5.75 Å². The van der Waals surface area contributed by atoms with Gasteiger partial charge in [-0.25, -0.2) is 0 Å². The summed E-state index contributed by atoms with van der Waals surface area (Å²) in [6, 6.07) is 17.4. The van der Waals surface area contributed by atoms with E-state index in [9.17, 15) is 9.59 Å². The first-order chi connectivity index (χ1) is 14.1. The van der Waals surface area contributed by atoms with E-state index in [-0.39, 0.29) is 17.6 Å². The number of amides is 1. The summed E-state index contributed by atoms with van der Waals surface area (Å²) < 4.78 is 5.46. The zero-order valence-corrected chi connectivity index (χ0v) is 17.3. The van der Waals surface area contributed by atoms with Crippen molar-refractivity contribution in [3.8, 4) is 5.75 Å². The third-order valence-corrected chi connectivity index (χ3v) is 5.46. The standard InChI is InChI=1S/C24H30N2O3/c1-3-29-22-11-9-19(10-12-22)17-25(2)23(27)18-26-15-13-21(14-16-26)24(28)20-7-5-4-6-8-20/h4-12,21H,3,13-18H2,1-2H3. The fraction of sp³-hybridized carbons (Fsp3) is 0.417. The van der Waals surface area contributed by atoms with Crippen LogP contribution in [0.4, 0.5) is 0 Å². The van der Waals surface area contributed by atoms with Crippen LogP contribution in [0.3, 0.4) is 0 Å². The molecular formula is C24H30N2O3. The van der Waals surface area contributed by atoms with Crippen molar-refractivity contribution in [2.45, 2.75) is 26.3 Å². The molecular weight excluding hydrogens is 364 g/mol. The van der Waals surface area contributed by atoms with Gasteiger partial charge in [-0.3, -0.25) is 14.5 Å². The minimum absolute atomic E-state index is 0.0605. The first kappa shape index (κ1) is 21.1. The highest BCUT2D eigenvalue weighted by atomic mass is 16.5. The largest absolute Gasteiger partial charge is 0.494 e. The molecule has 1 aliphatic rings. The van der Waals surface area contributed by atoms with Crippen LogP contribution in [-0.4, -0.2) is 54.8 Å². The zero-order valence-electron chi connectivity index (χ0n) is 17.3. The quantitative estimate of drug-likeness (QED) is 0.642. The number of benzene rings is 2. The third kappa shape index (κ3) is 5.91. The molecule has 0 unspecified atom stereocenters. The van der Waals surface area contributed by atoms with Crippen molar-refractivity contribution in [1.82, 2.24) is 9.80 Å². The van der Waals surface area contributed by atoms with Gasteiger partial charge in [-0.05, 0) is 50.6 Å². The number of rotatable bonds is 8. The molecule has 1 amide bonds.